The number of aldehydes is 1. The second-order valence-electron chi connectivity index (χ2n) is 3.85. The number of nitrogens with zero attached hydrogens (tertiary/aromatic N) is 1. The van der Waals surface area contributed by atoms with E-state index in [4.69, 9.17) is 10.5 Å². The summed E-state index contributed by atoms with van der Waals surface area (Å²) in [6.07, 6.45) is 1.96. The molecule has 0 spiro atoms. The Kier molecular flexibility index (Phi) is 9.06. The van der Waals surface area contributed by atoms with Gasteiger partial charge in [-0.05, 0) is 44.1 Å². The summed E-state index contributed by atoms with van der Waals surface area (Å²) in [5.41, 5.74) is 7.82. The fourth-order valence-electron chi connectivity index (χ4n) is 1.55. The molecule has 0 fully saturated rings. The molecule has 2 N–H and O–H groups in total. The first kappa shape index (κ1) is 15.7. The second-order valence-corrected chi connectivity index (χ2v) is 3.85. The van der Waals surface area contributed by atoms with E-state index >= 15 is 0 Å². The third-order valence-corrected chi connectivity index (χ3v) is 2.37. The molecule has 0 bridgehead atoms. The van der Waals surface area contributed by atoms with Gasteiger partial charge in [0.25, 0.3) is 0 Å². The number of rotatable bonds is 5. The maximum Gasteiger partial charge on any atom is 0.116 e. The van der Waals surface area contributed by atoms with Crippen LogP contribution < -0.4 is 5.73 Å². The van der Waals surface area contributed by atoms with Crippen molar-refractivity contribution >= 4 is 12.0 Å². The van der Waals surface area contributed by atoms with Gasteiger partial charge in [0.05, 0.1) is 0 Å². The van der Waals surface area contributed by atoms with Crippen molar-refractivity contribution in [3.05, 3.63) is 29.8 Å². The van der Waals surface area contributed by atoms with E-state index in [1.807, 2.05) is 12.1 Å². The largest absolute Gasteiger partial charge is 0.399 e. The normalized spacial score (nSPS) is 9.65. The molecular formula is C14H24N2O. The summed E-state index contributed by atoms with van der Waals surface area (Å²) in [7, 11) is 0. The van der Waals surface area contributed by atoms with Crippen molar-refractivity contribution < 1.29 is 4.79 Å². The van der Waals surface area contributed by atoms with Crippen LogP contribution in [0, 0.1) is 0 Å². The quantitative estimate of drug-likeness (QED) is 0.631. The first-order valence-electron chi connectivity index (χ1n) is 6.14. The van der Waals surface area contributed by atoms with E-state index in [0.29, 0.717) is 0 Å². The molecule has 3 heteroatoms. The Balaban J connectivity index is 0.000000770. The van der Waals surface area contributed by atoms with Crippen LogP contribution in [0.2, 0.25) is 0 Å². The topological polar surface area (TPSA) is 46.3 Å². The van der Waals surface area contributed by atoms with Crippen molar-refractivity contribution in [1.29, 1.82) is 0 Å². The van der Waals surface area contributed by atoms with Gasteiger partial charge < -0.3 is 10.5 Å². The highest BCUT2D eigenvalue weighted by Crippen LogP contribution is 2.08. The average Bonchev–Trinajstić information content (AvgIpc) is 2.32. The van der Waals surface area contributed by atoms with Gasteiger partial charge >= 0.3 is 0 Å². The molecule has 0 saturated carbocycles. The van der Waals surface area contributed by atoms with E-state index in [0.717, 1.165) is 25.1 Å². The Labute approximate surface area is 105 Å². The van der Waals surface area contributed by atoms with Gasteiger partial charge in [0.15, 0.2) is 0 Å². The van der Waals surface area contributed by atoms with E-state index in [9.17, 15) is 0 Å². The Morgan fingerprint density at radius 1 is 1.24 bits per heavy atom. The van der Waals surface area contributed by atoms with Crippen LogP contribution in [-0.4, -0.2) is 24.3 Å². The third kappa shape index (κ3) is 7.53. The van der Waals surface area contributed by atoms with Gasteiger partial charge in [-0.25, -0.2) is 0 Å². The Morgan fingerprint density at radius 2 is 1.76 bits per heavy atom. The van der Waals surface area contributed by atoms with Crippen LogP contribution in [0.25, 0.3) is 0 Å². The molecule has 1 rings (SSSR count). The molecule has 17 heavy (non-hydrogen) atoms. The molecule has 0 heterocycles. The molecule has 0 saturated heterocycles. The van der Waals surface area contributed by atoms with Crippen LogP contribution in [0.5, 0.6) is 0 Å². The molecule has 0 radical (unpaired) electrons. The summed E-state index contributed by atoms with van der Waals surface area (Å²) < 4.78 is 0. The van der Waals surface area contributed by atoms with E-state index in [1.165, 1.54) is 25.5 Å². The van der Waals surface area contributed by atoms with Crippen molar-refractivity contribution in [3.63, 3.8) is 0 Å². The van der Waals surface area contributed by atoms with Crippen molar-refractivity contribution in [2.45, 2.75) is 33.7 Å². The standard InChI is InChI=1S/C12H20N2.C2H4O/c1-3-9-14(4-2)10-11-5-7-12(13)8-6-11;1-2-3/h5-8H,3-4,9-10,13H2,1-2H3;2H,1H3. The molecular weight excluding hydrogens is 212 g/mol. The predicted octanol–water partition coefficient (Wildman–Crippen LogP) is 2.71. The van der Waals surface area contributed by atoms with Crippen LogP contribution in [-0.2, 0) is 11.3 Å². The summed E-state index contributed by atoms with van der Waals surface area (Å²) in [5.74, 6) is 0. The molecule has 0 aromatic heterocycles. The summed E-state index contributed by atoms with van der Waals surface area (Å²) in [4.78, 5) is 11.2. The van der Waals surface area contributed by atoms with Crippen LogP contribution in [0.4, 0.5) is 5.69 Å². The van der Waals surface area contributed by atoms with Gasteiger partial charge in [-0.2, -0.15) is 0 Å². The molecule has 96 valence electrons. The molecule has 0 unspecified atom stereocenters. The van der Waals surface area contributed by atoms with Gasteiger partial charge in [-0.15, -0.1) is 0 Å². The number of carbonyl (C=O) groups is 1. The first-order chi connectivity index (χ1) is 8.17. The number of carbonyl (C=O) groups excluding carboxylic acids is 1. The predicted molar refractivity (Wildman–Crippen MR) is 73.8 cm³/mol. The van der Waals surface area contributed by atoms with Crippen LogP contribution in [0.1, 0.15) is 32.8 Å². The van der Waals surface area contributed by atoms with Gasteiger partial charge in [-0.1, -0.05) is 26.0 Å². The van der Waals surface area contributed by atoms with Crippen molar-refractivity contribution in [3.8, 4) is 0 Å². The number of hydrogen-bond donors (Lipinski definition) is 1. The van der Waals surface area contributed by atoms with Gasteiger partial charge in [-0.3, -0.25) is 4.90 Å². The zero-order chi connectivity index (χ0) is 13.1. The Hall–Kier alpha value is -1.35. The second kappa shape index (κ2) is 9.85. The van der Waals surface area contributed by atoms with E-state index in [1.54, 1.807) is 0 Å². The highest BCUT2D eigenvalue weighted by atomic mass is 16.1. The number of nitrogens with two attached hydrogens (primary N) is 1. The lowest BCUT2D eigenvalue weighted by molar-refractivity contribution is -0.106. The molecule has 1 aromatic rings. The van der Waals surface area contributed by atoms with E-state index in [-0.39, 0.29) is 0 Å². The fourth-order valence-corrected chi connectivity index (χ4v) is 1.55. The van der Waals surface area contributed by atoms with Gasteiger partial charge in [0.1, 0.15) is 6.29 Å². The van der Waals surface area contributed by atoms with E-state index < -0.39 is 0 Å². The maximum atomic E-state index is 8.81. The lowest BCUT2D eigenvalue weighted by Gasteiger charge is -2.19. The minimum Gasteiger partial charge on any atom is -0.399 e. The Morgan fingerprint density at radius 3 is 2.18 bits per heavy atom. The van der Waals surface area contributed by atoms with Crippen LogP contribution >= 0.6 is 0 Å². The minimum absolute atomic E-state index is 0.750. The zero-order valence-corrected chi connectivity index (χ0v) is 11.1. The summed E-state index contributed by atoms with van der Waals surface area (Å²) in [6, 6.07) is 8.14. The fraction of sp³-hybridized carbons (Fsp3) is 0.500. The molecule has 0 aliphatic rings. The molecule has 0 amide bonds. The molecule has 0 aliphatic heterocycles. The van der Waals surface area contributed by atoms with E-state index in [2.05, 4.69) is 30.9 Å². The SMILES string of the molecule is CC=O.CCCN(CC)Cc1ccc(N)cc1. The molecule has 0 atom stereocenters. The highest BCUT2D eigenvalue weighted by molar-refractivity contribution is 5.44. The zero-order valence-electron chi connectivity index (χ0n) is 11.1. The summed E-state index contributed by atoms with van der Waals surface area (Å²) in [6.45, 7) is 9.17. The third-order valence-electron chi connectivity index (χ3n) is 2.37. The Bertz CT molecular complexity index is 296. The lowest BCUT2D eigenvalue weighted by atomic mass is 10.2. The number of benzene rings is 1. The van der Waals surface area contributed by atoms with Crippen molar-refractivity contribution in [2.24, 2.45) is 0 Å². The first-order valence-corrected chi connectivity index (χ1v) is 6.14. The summed E-state index contributed by atoms with van der Waals surface area (Å²) in [5, 5.41) is 0. The van der Waals surface area contributed by atoms with Crippen molar-refractivity contribution in [1.82, 2.24) is 4.90 Å². The smallest absolute Gasteiger partial charge is 0.116 e. The lowest BCUT2D eigenvalue weighted by Crippen LogP contribution is -2.23. The number of anilines is 1. The molecule has 1 aromatic carbocycles. The highest BCUT2D eigenvalue weighted by Gasteiger charge is 2.01. The average molecular weight is 236 g/mol. The molecule has 0 aliphatic carbocycles. The van der Waals surface area contributed by atoms with Crippen molar-refractivity contribution in [2.75, 3.05) is 18.8 Å². The molecule has 3 nitrogen and oxygen atoms in total. The van der Waals surface area contributed by atoms with Gasteiger partial charge in [0.2, 0.25) is 0 Å². The maximum absolute atomic E-state index is 8.81. The minimum atomic E-state index is 0.750. The van der Waals surface area contributed by atoms with Crippen LogP contribution in [0.3, 0.4) is 0 Å². The monoisotopic (exact) mass is 236 g/mol. The van der Waals surface area contributed by atoms with Crippen LogP contribution in [0.15, 0.2) is 24.3 Å². The number of hydrogen-bond acceptors (Lipinski definition) is 3. The number of nitrogen functional groups attached to an aromatic ring is 1. The van der Waals surface area contributed by atoms with Gasteiger partial charge in [0, 0.05) is 12.2 Å². The summed E-state index contributed by atoms with van der Waals surface area (Å²) >= 11 is 0.